The van der Waals surface area contributed by atoms with E-state index in [1.165, 1.54) is 0 Å². The van der Waals surface area contributed by atoms with Crippen LogP contribution in [0.25, 0.3) is 0 Å². The van der Waals surface area contributed by atoms with Gasteiger partial charge >= 0.3 is 12.1 Å². The van der Waals surface area contributed by atoms with Crippen molar-refractivity contribution < 1.29 is 32.0 Å². The van der Waals surface area contributed by atoms with Crippen LogP contribution in [0.2, 0.25) is 0 Å². The van der Waals surface area contributed by atoms with Crippen molar-refractivity contribution in [3.8, 4) is 0 Å². The Hall–Kier alpha value is -1.35. The Balaban J connectivity index is 4.96. The van der Waals surface area contributed by atoms with Gasteiger partial charge in [-0.3, -0.25) is 4.18 Å². The van der Waals surface area contributed by atoms with E-state index < -0.39 is 39.9 Å². The minimum absolute atomic E-state index is 0.0832. The van der Waals surface area contributed by atoms with Crippen molar-refractivity contribution in [3.05, 3.63) is 0 Å². The van der Waals surface area contributed by atoms with Crippen LogP contribution in [-0.2, 0) is 23.8 Å². The third-order valence-corrected chi connectivity index (χ3v) is 2.61. The molecule has 0 radical (unpaired) electrons. The predicted octanol–water partition coefficient (Wildman–Crippen LogP) is 0.719. The van der Waals surface area contributed by atoms with Gasteiger partial charge in [-0.25, -0.2) is 9.59 Å². The van der Waals surface area contributed by atoms with Crippen molar-refractivity contribution in [2.45, 2.75) is 51.9 Å². The third-order valence-electron chi connectivity index (χ3n) is 2.01. The number of amides is 1. The average Bonchev–Trinajstić information content (AvgIpc) is 2.18. The highest BCUT2D eigenvalue weighted by Gasteiger charge is 2.33. The largest absolute Gasteiger partial charge is 0.480 e. The van der Waals surface area contributed by atoms with E-state index in [0.717, 1.165) is 6.26 Å². The Bertz CT molecular complexity index is 452. The molecule has 0 aromatic carbocycles. The maximum Gasteiger partial charge on any atom is 0.408 e. The predicted molar refractivity (Wildman–Crippen MR) is 70.8 cm³/mol. The SMILES string of the molecule is CCC(OS(C)(=O)=O)[C@H](NC(=O)OC(C)(C)C)C(=O)O. The number of aliphatic carboxylic acids is 1. The molecular formula is C11H21NO7S. The van der Waals surface area contributed by atoms with E-state index in [0.29, 0.717) is 0 Å². The number of rotatable bonds is 6. The van der Waals surface area contributed by atoms with Gasteiger partial charge in [0.05, 0.1) is 6.26 Å². The summed E-state index contributed by atoms with van der Waals surface area (Å²) in [6.45, 7) is 6.40. The van der Waals surface area contributed by atoms with Crippen LogP contribution in [0.1, 0.15) is 34.1 Å². The van der Waals surface area contributed by atoms with Crippen molar-refractivity contribution >= 4 is 22.2 Å². The number of carbonyl (C=O) groups excluding carboxylic acids is 1. The van der Waals surface area contributed by atoms with Crippen LogP contribution in [0.4, 0.5) is 4.79 Å². The van der Waals surface area contributed by atoms with Crippen molar-refractivity contribution in [1.82, 2.24) is 5.32 Å². The number of carboxylic acids is 1. The first-order valence-corrected chi connectivity index (χ1v) is 7.78. The van der Waals surface area contributed by atoms with Crippen molar-refractivity contribution in [2.75, 3.05) is 6.26 Å². The van der Waals surface area contributed by atoms with Crippen LogP contribution >= 0.6 is 0 Å². The number of ether oxygens (including phenoxy) is 1. The summed E-state index contributed by atoms with van der Waals surface area (Å²) in [5.41, 5.74) is -0.799. The molecule has 0 rings (SSSR count). The van der Waals surface area contributed by atoms with E-state index >= 15 is 0 Å². The Morgan fingerprint density at radius 1 is 1.30 bits per heavy atom. The van der Waals surface area contributed by atoms with Gasteiger partial charge in [-0.05, 0) is 27.2 Å². The molecule has 9 heteroatoms. The summed E-state index contributed by atoms with van der Waals surface area (Å²) in [7, 11) is -3.84. The Kier molecular flexibility index (Phi) is 6.42. The van der Waals surface area contributed by atoms with Gasteiger partial charge in [-0.2, -0.15) is 8.42 Å². The van der Waals surface area contributed by atoms with Crippen molar-refractivity contribution in [1.29, 1.82) is 0 Å². The fourth-order valence-corrected chi connectivity index (χ4v) is 2.03. The second-order valence-electron chi connectivity index (χ2n) is 5.21. The van der Waals surface area contributed by atoms with Crippen LogP contribution in [-0.4, -0.2) is 49.6 Å². The molecule has 0 heterocycles. The molecule has 1 amide bonds. The molecule has 0 saturated carbocycles. The lowest BCUT2D eigenvalue weighted by atomic mass is 10.1. The van der Waals surface area contributed by atoms with E-state index in [2.05, 4.69) is 9.50 Å². The van der Waals surface area contributed by atoms with E-state index in [-0.39, 0.29) is 6.42 Å². The standard InChI is InChI=1S/C11H21NO7S/c1-6-7(19-20(5,16)17)8(9(13)14)12-10(15)18-11(2,3)4/h7-8H,6H2,1-5H3,(H,12,15)(H,13,14)/t7?,8-/m0/s1. The third kappa shape index (κ3) is 7.95. The van der Waals surface area contributed by atoms with Crippen LogP contribution < -0.4 is 5.32 Å². The maximum absolute atomic E-state index is 11.6. The van der Waals surface area contributed by atoms with Gasteiger partial charge in [0.25, 0.3) is 10.1 Å². The average molecular weight is 311 g/mol. The first kappa shape index (κ1) is 18.7. The highest BCUT2D eigenvalue weighted by molar-refractivity contribution is 7.86. The normalized spacial score (nSPS) is 15.2. The van der Waals surface area contributed by atoms with Crippen LogP contribution in [0.3, 0.4) is 0 Å². The highest BCUT2D eigenvalue weighted by Crippen LogP contribution is 2.11. The number of alkyl carbamates (subject to hydrolysis) is 1. The molecule has 8 nitrogen and oxygen atoms in total. The second-order valence-corrected chi connectivity index (χ2v) is 6.81. The number of carbonyl (C=O) groups is 2. The molecule has 0 saturated heterocycles. The molecule has 0 aliphatic carbocycles. The van der Waals surface area contributed by atoms with Crippen LogP contribution in [0.15, 0.2) is 0 Å². The fourth-order valence-electron chi connectivity index (χ4n) is 1.33. The van der Waals surface area contributed by atoms with Crippen LogP contribution in [0.5, 0.6) is 0 Å². The summed E-state index contributed by atoms with van der Waals surface area (Å²) in [4.78, 5) is 22.7. The number of carboxylic acid groups (broad SMARTS) is 1. The zero-order valence-electron chi connectivity index (χ0n) is 12.2. The molecule has 1 unspecified atom stereocenters. The lowest BCUT2D eigenvalue weighted by Crippen LogP contribution is -2.51. The summed E-state index contributed by atoms with van der Waals surface area (Å²) in [6.07, 6.45) is -1.28. The molecule has 0 aromatic heterocycles. The quantitative estimate of drug-likeness (QED) is 0.693. The molecule has 0 spiro atoms. The van der Waals surface area contributed by atoms with Crippen LogP contribution in [0, 0.1) is 0 Å². The van der Waals surface area contributed by atoms with E-state index in [4.69, 9.17) is 9.84 Å². The molecule has 0 fully saturated rings. The van der Waals surface area contributed by atoms with E-state index in [1.54, 1.807) is 27.7 Å². The molecule has 0 bridgehead atoms. The summed E-state index contributed by atoms with van der Waals surface area (Å²) < 4.78 is 31.8. The first-order chi connectivity index (χ1) is 8.85. The molecule has 20 heavy (non-hydrogen) atoms. The van der Waals surface area contributed by atoms with Gasteiger partial charge in [0, 0.05) is 0 Å². The molecule has 2 atom stereocenters. The summed E-state index contributed by atoms with van der Waals surface area (Å²) in [5.74, 6) is -1.41. The molecule has 0 aromatic rings. The maximum atomic E-state index is 11.6. The number of hydrogen-bond acceptors (Lipinski definition) is 6. The zero-order valence-corrected chi connectivity index (χ0v) is 13.0. The van der Waals surface area contributed by atoms with Gasteiger partial charge in [-0.15, -0.1) is 0 Å². The molecule has 0 aliphatic rings. The Labute approximate surface area is 118 Å². The Morgan fingerprint density at radius 3 is 2.10 bits per heavy atom. The Morgan fingerprint density at radius 2 is 1.80 bits per heavy atom. The molecule has 0 aliphatic heterocycles. The molecule has 118 valence electrons. The minimum Gasteiger partial charge on any atom is -0.480 e. The molecule has 2 N–H and O–H groups in total. The zero-order chi connectivity index (χ0) is 16.1. The molecular weight excluding hydrogens is 290 g/mol. The smallest absolute Gasteiger partial charge is 0.408 e. The lowest BCUT2D eigenvalue weighted by molar-refractivity contribution is -0.142. The monoisotopic (exact) mass is 311 g/mol. The second kappa shape index (κ2) is 6.89. The summed E-state index contributed by atoms with van der Waals surface area (Å²) in [5, 5.41) is 11.2. The van der Waals surface area contributed by atoms with Gasteiger partial charge in [0.15, 0.2) is 6.04 Å². The van der Waals surface area contributed by atoms with Gasteiger partial charge < -0.3 is 15.2 Å². The van der Waals surface area contributed by atoms with Crippen molar-refractivity contribution in [3.63, 3.8) is 0 Å². The topological polar surface area (TPSA) is 119 Å². The van der Waals surface area contributed by atoms with Crippen molar-refractivity contribution in [2.24, 2.45) is 0 Å². The van der Waals surface area contributed by atoms with Gasteiger partial charge in [0.2, 0.25) is 0 Å². The van der Waals surface area contributed by atoms with Gasteiger partial charge in [0.1, 0.15) is 11.7 Å². The highest BCUT2D eigenvalue weighted by atomic mass is 32.2. The lowest BCUT2D eigenvalue weighted by Gasteiger charge is -2.25. The number of hydrogen-bond donors (Lipinski definition) is 2. The first-order valence-electron chi connectivity index (χ1n) is 5.96. The summed E-state index contributed by atoms with van der Waals surface area (Å²) in [6, 6.07) is -1.52. The van der Waals surface area contributed by atoms with E-state index in [1.807, 2.05) is 0 Å². The summed E-state index contributed by atoms with van der Waals surface area (Å²) >= 11 is 0. The van der Waals surface area contributed by atoms with E-state index in [9.17, 15) is 18.0 Å². The fraction of sp³-hybridized carbons (Fsp3) is 0.818. The minimum atomic E-state index is -3.84. The number of nitrogens with one attached hydrogen (secondary N) is 1. The van der Waals surface area contributed by atoms with Gasteiger partial charge in [-0.1, -0.05) is 6.92 Å².